The molecule has 2 N–H and O–H groups in total. The van der Waals surface area contributed by atoms with Gasteiger partial charge in [-0.25, -0.2) is 18.0 Å². The van der Waals surface area contributed by atoms with Gasteiger partial charge in [0.05, 0.1) is 5.92 Å². The van der Waals surface area contributed by atoms with Crippen LogP contribution in [0.15, 0.2) is 42.5 Å². The van der Waals surface area contributed by atoms with Gasteiger partial charge in [-0.1, -0.05) is 6.07 Å². The lowest BCUT2D eigenvalue weighted by molar-refractivity contribution is -0.142. The number of likely N-dealkylation sites (N-methyl/N-ethyl adjacent to an activating group) is 1. The summed E-state index contributed by atoms with van der Waals surface area (Å²) >= 11 is 0. The Bertz CT molecular complexity index is 1370. The lowest BCUT2D eigenvalue weighted by Gasteiger charge is -2.45. The van der Waals surface area contributed by atoms with Crippen molar-refractivity contribution < 1.29 is 37.1 Å². The Hall–Kier alpha value is -3.93. The van der Waals surface area contributed by atoms with Gasteiger partial charge in [-0.2, -0.15) is 0 Å². The van der Waals surface area contributed by atoms with Gasteiger partial charge < -0.3 is 20.3 Å². The van der Waals surface area contributed by atoms with Crippen LogP contribution in [0.25, 0.3) is 0 Å². The molecule has 2 aromatic carbocycles. The van der Waals surface area contributed by atoms with Crippen LogP contribution in [-0.4, -0.2) is 78.3 Å². The molecule has 230 valence electrons. The number of ketones is 1. The molecule has 5 rings (SSSR count). The molecule has 3 amide bonds. The van der Waals surface area contributed by atoms with Gasteiger partial charge in [0.2, 0.25) is 11.8 Å². The first-order valence-electron chi connectivity index (χ1n) is 14.6. The molecule has 3 atom stereocenters. The number of likely N-dealkylation sites (tertiary alicyclic amines) is 1. The maximum Gasteiger partial charge on any atom is 0.416 e. The second-order valence-corrected chi connectivity index (χ2v) is 11.4. The minimum absolute atomic E-state index is 0.0548. The zero-order valence-corrected chi connectivity index (χ0v) is 23.9. The Kier molecular flexibility index (Phi) is 9.05. The largest absolute Gasteiger partial charge is 0.416 e. The quantitative estimate of drug-likeness (QED) is 0.505. The maximum absolute atomic E-state index is 14.6. The first-order chi connectivity index (χ1) is 20.6. The van der Waals surface area contributed by atoms with Crippen molar-refractivity contribution in [1.29, 1.82) is 0 Å². The summed E-state index contributed by atoms with van der Waals surface area (Å²) in [5.74, 6) is -4.41. The number of Topliss-reactive ketones (excluding diaryl/α,β-unsaturated/α-hetero) is 1. The molecule has 0 aliphatic carbocycles. The summed E-state index contributed by atoms with van der Waals surface area (Å²) in [6.45, 7) is 3.02. The lowest BCUT2D eigenvalue weighted by atomic mass is 9.71. The molecule has 12 heteroatoms. The van der Waals surface area contributed by atoms with E-state index in [4.69, 9.17) is 4.74 Å². The van der Waals surface area contributed by atoms with Crippen LogP contribution in [0.1, 0.15) is 44.1 Å². The molecule has 3 aliphatic rings. The van der Waals surface area contributed by atoms with Crippen molar-refractivity contribution in [2.75, 3.05) is 39.3 Å². The van der Waals surface area contributed by atoms with E-state index in [1.165, 1.54) is 23.1 Å². The highest BCUT2D eigenvalue weighted by Crippen LogP contribution is 2.42. The average Bonchev–Trinajstić information content (AvgIpc) is 3.45. The predicted molar refractivity (Wildman–Crippen MR) is 150 cm³/mol. The monoisotopic (exact) mass is 600 g/mol. The number of amides is 3. The number of halogens is 3. The normalized spacial score (nSPS) is 24.4. The molecule has 0 aromatic heterocycles. The van der Waals surface area contributed by atoms with Gasteiger partial charge in [-0.3, -0.25) is 19.3 Å². The fourth-order valence-electron chi connectivity index (χ4n) is 6.65. The highest BCUT2D eigenvalue weighted by atomic mass is 19.2. The summed E-state index contributed by atoms with van der Waals surface area (Å²) in [5, 5.41) is 5.93. The van der Waals surface area contributed by atoms with E-state index in [-0.39, 0.29) is 48.9 Å². The van der Waals surface area contributed by atoms with E-state index in [9.17, 15) is 32.3 Å². The summed E-state index contributed by atoms with van der Waals surface area (Å²) in [7, 11) is 0. The van der Waals surface area contributed by atoms with Crippen molar-refractivity contribution in [3.63, 3.8) is 0 Å². The van der Waals surface area contributed by atoms with Crippen molar-refractivity contribution in [3.05, 3.63) is 65.5 Å². The van der Waals surface area contributed by atoms with Crippen molar-refractivity contribution in [2.24, 2.45) is 11.8 Å². The first-order valence-corrected chi connectivity index (χ1v) is 14.6. The highest BCUT2D eigenvalue weighted by Gasteiger charge is 2.57. The standard InChI is InChI=1S/C31H35F3N4O5/c1-2-38(30(42)43-23-7-5-22(32)6-8-23)31(18-35-17-24(31)20-3-9-25(33)26(34)15-20)28(40)19-11-13-37(14-12-19)29(41)21-4-10-27(39)36-16-21/h3,5-9,15,19,21,24,35H,2,4,10-14,16-18H2,1H3,(H,36,39)/t21?,24-,31+/m0/s1. The molecule has 0 bridgehead atoms. The van der Waals surface area contributed by atoms with E-state index < -0.39 is 40.9 Å². The van der Waals surface area contributed by atoms with Gasteiger partial charge in [0.1, 0.15) is 17.1 Å². The van der Waals surface area contributed by atoms with Crippen LogP contribution in [0.4, 0.5) is 18.0 Å². The summed E-state index contributed by atoms with van der Waals surface area (Å²) in [6, 6.07) is 8.39. The van der Waals surface area contributed by atoms with Crippen molar-refractivity contribution in [3.8, 4) is 5.75 Å². The Labute approximate surface area is 247 Å². The molecule has 1 unspecified atom stereocenters. The van der Waals surface area contributed by atoms with Gasteiger partial charge in [0.25, 0.3) is 0 Å². The first kappa shape index (κ1) is 30.5. The topological polar surface area (TPSA) is 108 Å². The number of ether oxygens (including phenoxy) is 1. The zero-order chi connectivity index (χ0) is 30.7. The van der Waals surface area contributed by atoms with E-state index >= 15 is 0 Å². The number of rotatable bonds is 7. The fourth-order valence-corrected chi connectivity index (χ4v) is 6.65. The van der Waals surface area contributed by atoms with E-state index in [0.717, 1.165) is 24.3 Å². The zero-order valence-electron chi connectivity index (χ0n) is 23.9. The van der Waals surface area contributed by atoms with E-state index in [1.807, 2.05) is 0 Å². The van der Waals surface area contributed by atoms with Crippen molar-refractivity contribution >= 4 is 23.7 Å². The predicted octanol–water partition coefficient (Wildman–Crippen LogP) is 3.38. The Morgan fingerprint density at radius 3 is 2.33 bits per heavy atom. The third kappa shape index (κ3) is 6.11. The van der Waals surface area contributed by atoms with Gasteiger partial charge in [-0.15, -0.1) is 0 Å². The molecular weight excluding hydrogens is 565 g/mol. The Balaban J connectivity index is 1.42. The number of nitrogens with one attached hydrogen (secondary N) is 2. The Morgan fingerprint density at radius 1 is 0.977 bits per heavy atom. The highest BCUT2D eigenvalue weighted by molar-refractivity contribution is 5.96. The molecule has 3 fully saturated rings. The second-order valence-electron chi connectivity index (χ2n) is 11.4. The number of hydrogen-bond donors (Lipinski definition) is 2. The SMILES string of the molecule is CCN(C(=O)Oc1ccc(F)cc1)[C@]1(C(=O)C2CCN(C(=O)C3CCC(=O)NC3)CC2)CNC[C@H]1c1ccc(F)c(F)c1. The van der Waals surface area contributed by atoms with Crippen LogP contribution in [0.3, 0.4) is 0 Å². The smallest absolute Gasteiger partial charge is 0.410 e. The molecular formula is C31H35F3N4O5. The fraction of sp³-hybridized carbons (Fsp3) is 0.484. The van der Waals surface area contributed by atoms with E-state index in [2.05, 4.69) is 10.6 Å². The molecule has 43 heavy (non-hydrogen) atoms. The third-order valence-electron chi connectivity index (χ3n) is 8.92. The maximum atomic E-state index is 14.6. The van der Waals surface area contributed by atoms with Crippen LogP contribution in [0.2, 0.25) is 0 Å². The summed E-state index contributed by atoms with van der Waals surface area (Å²) in [5.41, 5.74) is -1.14. The van der Waals surface area contributed by atoms with Crippen LogP contribution < -0.4 is 15.4 Å². The molecule has 2 aromatic rings. The number of hydrogen-bond acceptors (Lipinski definition) is 6. The van der Waals surface area contributed by atoms with Crippen molar-refractivity contribution in [1.82, 2.24) is 20.4 Å². The number of carbonyl (C=O) groups excluding carboxylic acids is 4. The van der Waals surface area contributed by atoms with Crippen molar-refractivity contribution in [2.45, 2.75) is 44.1 Å². The number of benzene rings is 2. The molecule has 0 saturated carbocycles. The second kappa shape index (κ2) is 12.7. The summed E-state index contributed by atoms with van der Waals surface area (Å²) < 4.78 is 47.3. The van der Waals surface area contributed by atoms with Gasteiger partial charge >= 0.3 is 6.09 Å². The lowest BCUT2D eigenvalue weighted by Crippen LogP contribution is -2.64. The summed E-state index contributed by atoms with van der Waals surface area (Å²) in [6.07, 6.45) is 0.676. The van der Waals surface area contributed by atoms with E-state index in [0.29, 0.717) is 50.9 Å². The minimum atomic E-state index is -1.50. The van der Waals surface area contributed by atoms with E-state index in [1.54, 1.807) is 11.8 Å². The van der Waals surface area contributed by atoms with Crippen LogP contribution in [0.5, 0.6) is 5.75 Å². The molecule has 9 nitrogen and oxygen atoms in total. The van der Waals surface area contributed by atoms with Crippen LogP contribution in [0, 0.1) is 29.3 Å². The third-order valence-corrected chi connectivity index (χ3v) is 8.92. The molecule has 3 aliphatic heterocycles. The van der Waals surface area contributed by atoms with Gasteiger partial charge in [0.15, 0.2) is 17.4 Å². The number of carbonyl (C=O) groups is 4. The van der Waals surface area contributed by atoms with Gasteiger partial charge in [-0.05, 0) is 68.1 Å². The molecule has 0 spiro atoms. The minimum Gasteiger partial charge on any atom is -0.410 e. The number of nitrogens with zero attached hydrogens (tertiary/aromatic N) is 2. The Morgan fingerprint density at radius 2 is 1.70 bits per heavy atom. The van der Waals surface area contributed by atoms with Gasteiger partial charge in [0, 0.05) is 57.5 Å². The molecule has 0 radical (unpaired) electrons. The van der Waals surface area contributed by atoms with Crippen LogP contribution in [-0.2, 0) is 14.4 Å². The number of piperidine rings is 2. The van der Waals surface area contributed by atoms with Crippen LogP contribution >= 0.6 is 0 Å². The average molecular weight is 601 g/mol. The summed E-state index contributed by atoms with van der Waals surface area (Å²) in [4.78, 5) is 56.0. The molecule has 3 heterocycles. The molecule has 3 saturated heterocycles.